The van der Waals surface area contributed by atoms with Gasteiger partial charge in [-0.05, 0) is 38.0 Å². The zero-order chi connectivity index (χ0) is 27.9. The van der Waals surface area contributed by atoms with Crippen molar-refractivity contribution in [1.29, 1.82) is 0 Å². The molecule has 0 saturated heterocycles. The van der Waals surface area contributed by atoms with Crippen molar-refractivity contribution in [3.63, 3.8) is 0 Å². The maximum atomic E-state index is 13.5. The third-order valence-electron chi connectivity index (χ3n) is 6.31. The minimum Gasteiger partial charge on any atom is -0.378 e. The van der Waals surface area contributed by atoms with Gasteiger partial charge in [-0.2, -0.15) is 0 Å². The number of aromatic amines is 1. The number of methoxy groups -OCH3 is 1. The van der Waals surface area contributed by atoms with E-state index in [0.29, 0.717) is 22.9 Å². The summed E-state index contributed by atoms with van der Waals surface area (Å²) in [6, 6.07) is 6.87. The predicted molar refractivity (Wildman–Crippen MR) is 147 cm³/mol. The van der Waals surface area contributed by atoms with E-state index in [2.05, 4.69) is 34.9 Å². The lowest BCUT2D eigenvalue weighted by Crippen LogP contribution is -2.14. The van der Waals surface area contributed by atoms with Crippen LogP contribution in [0.2, 0.25) is 0 Å². The number of benzene rings is 1. The van der Waals surface area contributed by atoms with Gasteiger partial charge in [0.15, 0.2) is 11.5 Å². The first kappa shape index (κ1) is 27.1. The molecule has 0 bridgehead atoms. The number of ether oxygens (including phenoxy) is 1. The number of carbonyl (C=O) groups is 1. The van der Waals surface area contributed by atoms with Gasteiger partial charge in [0.25, 0.3) is 6.43 Å². The molecule has 14 heteroatoms. The summed E-state index contributed by atoms with van der Waals surface area (Å²) in [5.41, 5.74) is 2.60. The number of aromatic nitrogens is 4. The van der Waals surface area contributed by atoms with Crippen LogP contribution in [0.1, 0.15) is 35.7 Å². The molecule has 206 valence electrons. The molecule has 5 rings (SSSR count). The minimum atomic E-state index is -2.85. The molecule has 3 aromatic heterocycles. The number of nitrogens with zero attached hydrogens (tertiary/aromatic N) is 4. The van der Waals surface area contributed by atoms with Crippen molar-refractivity contribution in [1.82, 2.24) is 19.9 Å². The van der Waals surface area contributed by atoms with Gasteiger partial charge < -0.3 is 20.4 Å². The van der Waals surface area contributed by atoms with E-state index < -0.39 is 22.0 Å². The summed E-state index contributed by atoms with van der Waals surface area (Å²) in [5.74, 6) is -0.636. The smallest absolute Gasteiger partial charge is 0.295 e. The number of pyridine rings is 1. The quantitative estimate of drug-likeness (QED) is 0.235. The van der Waals surface area contributed by atoms with Crippen molar-refractivity contribution in [2.75, 3.05) is 31.0 Å². The topological polar surface area (TPSA) is 134 Å². The molecular formula is C25H27F2N7O3S2. The molecule has 1 fully saturated rings. The van der Waals surface area contributed by atoms with Gasteiger partial charge in [0.2, 0.25) is 5.91 Å². The highest BCUT2D eigenvalue weighted by Gasteiger charge is 2.30. The molecule has 1 aliphatic rings. The van der Waals surface area contributed by atoms with E-state index in [1.165, 1.54) is 30.7 Å². The summed E-state index contributed by atoms with van der Waals surface area (Å²) >= 11 is 1.50. The Hall–Kier alpha value is -3.49. The Kier molecular flexibility index (Phi) is 7.35. The molecule has 1 atom stereocenters. The first-order valence-corrected chi connectivity index (χ1v) is 14.8. The van der Waals surface area contributed by atoms with Crippen LogP contribution in [0.4, 0.5) is 26.0 Å². The molecule has 39 heavy (non-hydrogen) atoms. The highest BCUT2D eigenvalue weighted by atomic mass is 32.2. The van der Waals surface area contributed by atoms with Crippen LogP contribution >= 0.6 is 11.3 Å². The van der Waals surface area contributed by atoms with Gasteiger partial charge >= 0.3 is 0 Å². The number of imidazole rings is 1. The van der Waals surface area contributed by atoms with Crippen LogP contribution in [0.25, 0.3) is 21.7 Å². The fraction of sp³-hybridized carbons (Fsp3) is 0.360. The number of nitrogens with one attached hydrogen (secondary N) is 3. The van der Waals surface area contributed by atoms with E-state index in [0.717, 1.165) is 34.0 Å². The van der Waals surface area contributed by atoms with Gasteiger partial charge in [0.1, 0.15) is 16.3 Å². The number of carbonyl (C=O) groups excluding carboxylic acids is 1. The van der Waals surface area contributed by atoms with E-state index in [1.54, 1.807) is 19.2 Å². The Morgan fingerprint density at radius 3 is 2.69 bits per heavy atom. The van der Waals surface area contributed by atoms with Crippen molar-refractivity contribution < 1.29 is 22.5 Å². The van der Waals surface area contributed by atoms with Gasteiger partial charge in [0, 0.05) is 42.8 Å². The number of thiazole rings is 1. The highest BCUT2D eigenvalue weighted by Crippen LogP contribution is 2.37. The highest BCUT2D eigenvalue weighted by molar-refractivity contribution is 7.93. The number of fused-ring (bicyclic) bond motifs is 1. The van der Waals surface area contributed by atoms with Crippen LogP contribution in [0.15, 0.2) is 33.5 Å². The normalized spacial score (nSPS) is 14.9. The standard InChI is InChI=1S/C25H27F2N7O3S2/c1-12-17(11-37-3)30-25(38-12)14-7-8-15(18(9-14)39(4,36)28-2)29-16-10-19(32-24(35)13-5-6-13)31-22-20(16)33-23(34-22)21(26)27/h7-10,13,21H,5-6,11H2,1-4H3,(H3,29,31,32,33,34,35)/t39-/m1/s1. The maximum Gasteiger partial charge on any atom is 0.295 e. The van der Waals surface area contributed by atoms with Crippen molar-refractivity contribution in [2.24, 2.45) is 10.3 Å². The molecule has 10 nitrogen and oxygen atoms in total. The SMILES string of the molecule is CN=[S@](C)(=O)c1cc(-c2nc(COC)c(C)s2)ccc1Nc1cc(NC(=O)C2CC2)nc2nc(C(F)F)[nH]c12. The van der Waals surface area contributed by atoms with Gasteiger partial charge in [-0.25, -0.2) is 32.3 Å². The van der Waals surface area contributed by atoms with Crippen LogP contribution in [-0.4, -0.2) is 50.5 Å². The Morgan fingerprint density at radius 1 is 1.26 bits per heavy atom. The first-order valence-electron chi connectivity index (χ1n) is 12.1. The predicted octanol–water partition coefficient (Wildman–Crippen LogP) is 5.65. The zero-order valence-corrected chi connectivity index (χ0v) is 23.3. The van der Waals surface area contributed by atoms with Crippen LogP contribution in [-0.2, 0) is 25.9 Å². The zero-order valence-electron chi connectivity index (χ0n) is 21.7. The molecule has 0 radical (unpaired) electrons. The Labute approximate surface area is 227 Å². The maximum absolute atomic E-state index is 13.5. The number of anilines is 3. The monoisotopic (exact) mass is 575 g/mol. The summed E-state index contributed by atoms with van der Waals surface area (Å²) in [4.78, 5) is 29.2. The number of amides is 1. The van der Waals surface area contributed by atoms with Crippen molar-refractivity contribution in [2.45, 2.75) is 37.7 Å². The van der Waals surface area contributed by atoms with Crippen LogP contribution < -0.4 is 10.6 Å². The van der Waals surface area contributed by atoms with Crippen LogP contribution in [0.3, 0.4) is 0 Å². The van der Waals surface area contributed by atoms with E-state index in [-0.39, 0.29) is 28.8 Å². The minimum absolute atomic E-state index is 0.0147. The number of halogens is 2. The summed E-state index contributed by atoms with van der Waals surface area (Å²) < 4.78 is 49.8. The lowest BCUT2D eigenvalue weighted by molar-refractivity contribution is -0.117. The Morgan fingerprint density at radius 2 is 2.03 bits per heavy atom. The van der Waals surface area contributed by atoms with Gasteiger partial charge in [-0.1, -0.05) is 0 Å². The van der Waals surface area contributed by atoms with Gasteiger partial charge in [-0.15, -0.1) is 11.3 Å². The summed E-state index contributed by atoms with van der Waals surface area (Å²) in [6.45, 7) is 2.34. The summed E-state index contributed by atoms with van der Waals surface area (Å²) in [5, 5.41) is 6.68. The molecule has 3 heterocycles. The van der Waals surface area contributed by atoms with Gasteiger partial charge in [0.05, 0.1) is 38.3 Å². The third-order valence-corrected chi connectivity index (χ3v) is 9.23. The Balaban J connectivity index is 1.60. The third kappa shape index (κ3) is 5.63. The fourth-order valence-corrected chi connectivity index (χ4v) is 5.97. The Bertz CT molecular complexity index is 1690. The molecule has 1 aromatic carbocycles. The number of H-pyrrole nitrogens is 1. The van der Waals surface area contributed by atoms with Crippen LogP contribution in [0, 0.1) is 12.8 Å². The molecule has 1 aliphatic carbocycles. The first-order chi connectivity index (χ1) is 18.6. The number of alkyl halides is 2. The van der Waals surface area contributed by atoms with Crippen LogP contribution in [0.5, 0.6) is 0 Å². The van der Waals surface area contributed by atoms with Crippen molar-refractivity contribution >= 4 is 55.3 Å². The second-order valence-corrected chi connectivity index (χ2v) is 12.8. The molecule has 0 unspecified atom stereocenters. The largest absolute Gasteiger partial charge is 0.378 e. The second-order valence-electron chi connectivity index (χ2n) is 9.22. The fourth-order valence-electron chi connectivity index (χ4n) is 3.98. The average molecular weight is 576 g/mol. The molecule has 3 N–H and O–H groups in total. The molecule has 0 spiro atoms. The lowest BCUT2D eigenvalue weighted by atomic mass is 10.2. The molecular weight excluding hydrogens is 548 g/mol. The number of hydrogen-bond acceptors (Lipinski definition) is 9. The van der Waals surface area contributed by atoms with Gasteiger partial charge in [-0.3, -0.25) is 4.79 Å². The summed E-state index contributed by atoms with van der Waals surface area (Å²) in [7, 11) is 0.228. The molecule has 0 aliphatic heterocycles. The molecule has 4 aromatic rings. The lowest BCUT2D eigenvalue weighted by Gasteiger charge is -2.15. The van der Waals surface area contributed by atoms with E-state index in [9.17, 15) is 17.8 Å². The van der Waals surface area contributed by atoms with E-state index >= 15 is 0 Å². The average Bonchev–Trinajstić information content (AvgIpc) is 3.56. The van der Waals surface area contributed by atoms with Crippen molar-refractivity contribution in [3.05, 3.63) is 40.7 Å². The molecule has 1 amide bonds. The number of aryl methyl sites for hydroxylation is 1. The number of rotatable bonds is 9. The van der Waals surface area contributed by atoms with E-state index in [1.807, 2.05) is 13.0 Å². The van der Waals surface area contributed by atoms with E-state index in [4.69, 9.17) is 4.74 Å². The van der Waals surface area contributed by atoms with Crippen molar-refractivity contribution in [3.8, 4) is 10.6 Å². The second kappa shape index (κ2) is 10.6. The molecule has 1 saturated carbocycles. The number of hydrogen-bond donors (Lipinski definition) is 3. The summed E-state index contributed by atoms with van der Waals surface area (Å²) in [6.07, 6.45) is 0.271.